The molecule has 5 heteroatoms. The van der Waals surface area contributed by atoms with Gasteiger partial charge >= 0.3 is 12.0 Å². The Bertz CT molecular complexity index is 406. The van der Waals surface area contributed by atoms with Gasteiger partial charge in [0, 0.05) is 19.6 Å². The number of amides is 2. The predicted molar refractivity (Wildman–Crippen MR) is 76.6 cm³/mol. The molecule has 0 aromatic rings. The maximum absolute atomic E-state index is 12.7. The molecule has 2 rings (SSSR count). The molecule has 0 aromatic heterocycles. The van der Waals surface area contributed by atoms with Crippen LogP contribution in [0.2, 0.25) is 0 Å². The van der Waals surface area contributed by atoms with E-state index in [0.717, 1.165) is 38.8 Å². The third-order valence-electron chi connectivity index (χ3n) is 5.54. The van der Waals surface area contributed by atoms with Crippen molar-refractivity contribution < 1.29 is 14.7 Å². The third-order valence-corrected chi connectivity index (χ3v) is 5.54. The average molecular weight is 282 g/mol. The molecule has 1 unspecified atom stereocenters. The molecule has 1 atom stereocenters. The molecular formula is C15H26N2O3. The van der Waals surface area contributed by atoms with Gasteiger partial charge in [-0.3, -0.25) is 0 Å². The minimum atomic E-state index is -1.03. The van der Waals surface area contributed by atoms with E-state index in [1.807, 2.05) is 4.90 Å². The summed E-state index contributed by atoms with van der Waals surface area (Å²) in [4.78, 5) is 27.6. The maximum Gasteiger partial charge on any atom is 0.329 e. The zero-order valence-corrected chi connectivity index (χ0v) is 12.8. The molecule has 2 saturated heterocycles. The molecule has 1 N–H and O–H groups in total. The Labute approximate surface area is 120 Å². The van der Waals surface area contributed by atoms with Crippen LogP contribution in [0, 0.1) is 5.41 Å². The molecule has 0 aromatic carbocycles. The SMILES string of the molecule is CCC1(CC)CCN(C(=O)N2CCCC2(C)C(=O)O)C1. The Morgan fingerprint density at radius 3 is 2.30 bits per heavy atom. The number of carbonyl (C=O) groups excluding carboxylic acids is 1. The number of carboxylic acids is 1. The summed E-state index contributed by atoms with van der Waals surface area (Å²) >= 11 is 0. The third kappa shape index (κ3) is 2.27. The second kappa shape index (κ2) is 5.26. The first-order valence-electron chi connectivity index (χ1n) is 7.68. The second-order valence-corrected chi connectivity index (χ2v) is 6.50. The van der Waals surface area contributed by atoms with Crippen LogP contribution in [0.3, 0.4) is 0 Å². The highest BCUT2D eigenvalue weighted by Crippen LogP contribution is 2.39. The van der Waals surface area contributed by atoms with Crippen LogP contribution in [0.15, 0.2) is 0 Å². The van der Waals surface area contributed by atoms with Crippen molar-refractivity contribution in [2.45, 2.75) is 58.4 Å². The van der Waals surface area contributed by atoms with Crippen LogP contribution in [0.25, 0.3) is 0 Å². The van der Waals surface area contributed by atoms with E-state index in [9.17, 15) is 14.7 Å². The van der Waals surface area contributed by atoms with Crippen molar-refractivity contribution in [3.63, 3.8) is 0 Å². The Morgan fingerprint density at radius 1 is 1.15 bits per heavy atom. The van der Waals surface area contributed by atoms with Gasteiger partial charge in [-0.05, 0) is 44.4 Å². The summed E-state index contributed by atoms with van der Waals surface area (Å²) in [6.07, 6.45) is 4.50. The van der Waals surface area contributed by atoms with E-state index in [4.69, 9.17) is 0 Å². The first-order chi connectivity index (χ1) is 9.38. The van der Waals surface area contributed by atoms with Crippen molar-refractivity contribution in [1.29, 1.82) is 0 Å². The zero-order valence-electron chi connectivity index (χ0n) is 12.8. The lowest BCUT2D eigenvalue weighted by Crippen LogP contribution is -2.54. The van der Waals surface area contributed by atoms with Gasteiger partial charge in [0.05, 0.1) is 0 Å². The van der Waals surface area contributed by atoms with Crippen molar-refractivity contribution in [3.8, 4) is 0 Å². The van der Waals surface area contributed by atoms with Crippen LogP contribution >= 0.6 is 0 Å². The number of hydrogen-bond donors (Lipinski definition) is 1. The summed E-state index contributed by atoms with van der Waals surface area (Å²) in [5, 5.41) is 9.42. The minimum Gasteiger partial charge on any atom is -0.480 e. The van der Waals surface area contributed by atoms with Gasteiger partial charge in [0.25, 0.3) is 0 Å². The lowest BCUT2D eigenvalue weighted by atomic mass is 9.82. The molecule has 0 spiro atoms. The van der Waals surface area contributed by atoms with Gasteiger partial charge in [-0.1, -0.05) is 13.8 Å². The molecule has 0 bridgehead atoms. The van der Waals surface area contributed by atoms with Crippen molar-refractivity contribution in [3.05, 3.63) is 0 Å². The zero-order chi connectivity index (χ0) is 15.0. The van der Waals surface area contributed by atoms with Gasteiger partial charge in [-0.2, -0.15) is 0 Å². The highest BCUT2D eigenvalue weighted by atomic mass is 16.4. The molecule has 2 fully saturated rings. The number of hydrogen-bond acceptors (Lipinski definition) is 2. The van der Waals surface area contributed by atoms with Crippen LogP contribution in [-0.4, -0.2) is 52.1 Å². The van der Waals surface area contributed by atoms with E-state index in [2.05, 4.69) is 13.8 Å². The van der Waals surface area contributed by atoms with Gasteiger partial charge in [0.2, 0.25) is 0 Å². The molecule has 2 aliphatic rings. The van der Waals surface area contributed by atoms with Crippen molar-refractivity contribution in [2.75, 3.05) is 19.6 Å². The van der Waals surface area contributed by atoms with E-state index in [-0.39, 0.29) is 11.4 Å². The second-order valence-electron chi connectivity index (χ2n) is 6.50. The maximum atomic E-state index is 12.7. The van der Waals surface area contributed by atoms with Gasteiger partial charge < -0.3 is 14.9 Å². The number of nitrogens with zero attached hydrogens (tertiary/aromatic N) is 2. The van der Waals surface area contributed by atoms with Crippen molar-refractivity contribution in [2.24, 2.45) is 5.41 Å². The first-order valence-corrected chi connectivity index (χ1v) is 7.68. The smallest absolute Gasteiger partial charge is 0.329 e. The normalized spacial score (nSPS) is 28.9. The summed E-state index contributed by atoms with van der Waals surface area (Å²) in [5.41, 5.74) is -0.796. The summed E-state index contributed by atoms with van der Waals surface area (Å²) in [6.45, 7) is 8.10. The van der Waals surface area contributed by atoms with E-state index in [1.54, 1.807) is 11.8 Å². The number of aliphatic carboxylic acids is 1. The molecule has 114 valence electrons. The van der Waals surface area contributed by atoms with Crippen LogP contribution < -0.4 is 0 Å². The monoisotopic (exact) mass is 282 g/mol. The molecule has 0 saturated carbocycles. The topological polar surface area (TPSA) is 60.9 Å². The van der Waals surface area contributed by atoms with Gasteiger partial charge in [-0.25, -0.2) is 9.59 Å². The highest BCUT2D eigenvalue weighted by molar-refractivity contribution is 5.86. The van der Waals surface area contributed by atoms with Gasteiger partial charge in [-0.15, -0.1) is 0 Å². The lowest BCUT2D eigenvalue weighted by molar-refractivity contribution is -0.147. The van der Waals surface area contributed by atoms with E-state index in [0.29, 0.717) is 13.0 Å². The average Bonchev–Trinajstić information content (AvgIpc) is 3.03. The molecule has 20 heavy (non-hydrogen) atoms. The standard InChI is InChI=1S/C15H26N2O3/c1-4-15(5-2)8-10-16(11-15)13(20)17-9-6-7-14(17,3)12(18)19/h4-11H2,1-3H3,(H,18,19). The summed E-state index contributed by atoms with van der Waals surface area (Å²) in [7, 11) is 0. The Hall–Kier alpha value is -1.26. The summed E-state index contributed by atoms with van der Waals surface area (Å²) in [6, 6.07) is -0.0869. The van der Waals surface area contributed by atoms with Gasteiger partial charge in [0.1, 0.15) is 5.54 Å². The highest BCUT2D eigenvalue weighted by Gasteiger charge is 2.49. The van der Waals surface area contributed by atoms with Crippen molar-refractivity contribution >= 4 is 12.0 Å². The molecule has 2 aliphatic heterocycles. The molecule has 2 amide bonds. The largest absolute Gasteiger partial charge is 0.480 e. The van der Waals surface area contributed by atoms with E-state index in [1.165, 1.54) is 0 Å². The predicted octanol–water partition coefficient (Wildman–Crippen LogP) is 2.56. The van der Waals surface area contributed by atoms with Crippen LogP contribution in [0.1, 0.15) is 52.9 Å². The Morgan fingerprint density at radius 2 is 1.80 bits per heavy atom. The number of urea groups is 1. The van der Waals surface area contributed by atoms with E-state index >= 15 is 0 Å². The molecule has 5 nitrogen and oxygen atoms in total. The number of likely N-dealkylation sites (tertiary alicyclic amines) is 2. The van der Waals surface area contributed by atoms with Crippen LogP contribution in [-0.2, 0) is 4.79 Å². The quantitative estimate of drug-likeness (QED) is 0.865. The summed E-state index contributed by atoms with van der Waals surface area (Å²) < 4.78 is 0. The Kier molecular flexibility index (Phi) is 3.98. The van der Waals surface area contributed by atoms with Crippen LogP contribution in [0.5, 0.6) is 0 Å². The minimum absolute atomic E-state index is 0.0869. The molecular weight excluding hydrogens is 256 g/mol. The Balaban J connectivity index is 2.11. The fraction of sp³-hybridized carbons (Fsp3) is 0.867. The summed E-state index contributed by atoms with van der Waals surface area (Å²) in [5.74, 6) is -0.889. The first kappa shape index (κ1) is 15.1. The van der Waals surface area contributed by atoms with Gasteiger partial charge in [0.15, 0.2) is 0 Å². The lowest BCUT2D eigenvalue weighted by Gasteiger charge is -2.35. The van der Waals surface area contributed by atoms with Crippen LogP contribution in [0.4, 0.5) is 4.79 Å². The number of rotatable bonds is 3. The van der Waals surface area contributed by atoms with E-state index < -0.39 is 11.5 Å². The molecule has 2 heterocycles. The molecule has 0 radical (unpaired) electrons. The fourth-order valence-electron chi connectivity index (χ4n) is 3.59. The number of carboxylic acid groups (broad SMARTS) is 1. The fourth-order valence-corrected chi connectivity index (χ4v) is 3.59. The van der Waals surface area contributed by atoms with Crippen molar-refractivity contribution in [1.82, 2.24) is 9.80 Å². The number of carbonyl (C=O) groups is 2. The molecule has 0 aliphatic carbocycles.